The van der Waals surface area contributed by atoms with Crippen LogP contribution in [0.15, 0.2) is 97.3 Å². The lowest BCUT2D eigenvalue weighted by Gasteiger charge is -2.42. The highest BCUT2D eigenvalue weighted by Crippen LogP contribution is 2.41. The molecule has 0 aliphatic rings. The molecule has 7 heteroatoms. The Kier molecular flexibility index (Phi) is 10.0. The predicted molar refractivity (Wildman–Crippen MR) is 157 cm³/mol. The maximum absolute atomic E-state index is 13.7. The normalized spacial score (nSPS) is 12.5. The van der Waals surface area contributed by atoms with Gasteiger partial charge in [-0.2, -0.15) is 0 Å². The average Bonchev–Trinajstić information content (AvgIpc) is 2.91. The fourth-order valence-electron chi connectivity index (χ4n) is 4.65. The Bertz CT molecular complexity index is 1120. The summed E-state index contributed by atoms with van der Waals surface area (Å²) in [5.41, 5.74) is 0.926. The van der Waals surface area contributed by atoms with Crippen LogP contribution in [0.1, 0.15) is 45.2 Å². The number of hydrogen-bond donors (Lipinski definition) is 3. The smallest absolute Gasteiger partial charge is 0.258 e. The maximum atomic E-state index is 13.7. The first-order valence-electron chi connectivity index (χ1n) is 12.6. The van der Waals surface area contributed by atoms with Crippen LogP contribution in [0.25, 0.3) is 0 Å². The topological polar surface area (TPSA) is 53.5 Å². The molecule has 1 atom stereocenters. The molecule has 37 heavy (non-hydrogen) atoms. The van der Waals surface area contributed by atoms with Gasteiger partial charge < -0.3 is 20.2 Å². The lowest BCUT2D eigenvalue weighted by atomic mass is 9.97. The Morgan fingerprint density at radius 2 is 1.54 bits per heavy atom. The number of nitrogens with one attached hydrogen (secondary N) is 2. The Morgan fingerprint density at radius 1 is 1.00 bits per heavy atom. The summed E-state index contributed by atoms with van der Waals surface area (Å²) in [6.07, 6.45) is 1.39. The van der Waals surface area contributed by atoms with Gasteiger partial charge in [-0.25, -0.2) is 4.39 Å². The van der Waals surface area contributed by atoms with Gasteiger partial charge in [-0.15, -0.1) is 0 Å². The zero-order valence-corrected chi connectivity index (χ0v) is 23.7. The number of hydrogen-bond acceptors (Lipinski definition) is 3. The minimum atomic E-state index is -3.15. The summed E-state index contributed by atoms with van der Waals surface area (Å²) >= 11 is 5.56. The lowest BCUT2D eigenvalue weighted by Crippen LogP contribution is -2.65. The van der Waals surface area contributed by atoms with Gasteiger partial charge in [-0.1, -0.05) is 93.2 Å². The third-order valence-electron chi connectivity index (χ3n) is 6.79. The van der Waals surface area contributed by atoms with Crippen LogP contribution in [0.3, 0.4) is 0 Å². The summed E-state index contributed by atoms with van der Waals surface area (Å²) in [6.45, 7) is 11.0. The molecule has 0 bridgehead atoms. The summed E-state index contributed by atoms with van der Waals surface area (Å²) in [6, 6.07) is 26.3. The molecule has 3 aromatic carbocycles. The van der Waals surface area contributed by atoms with Crippen LogP contribution in [0.4, 0.5) is 4.39 Å². The number of rotatable bonds is 12. The second kappa shape index (κ2) is 13.0. The highest BCUT2D eigenvalue weighted by Gasteiger charge is 2.49. The maximum Gasteiger partial charge on any atom is 0.258 e. The van der Waals surface area contributed by atoms with Crippen LogP contribution in [-0.2, 0) is 4.74 Å². The first-order valence-corrected chi connectivity index (χ1v) is 15.0. The summed E-state index contributed by atoms with van der Waals surface area (Å²) in [7, 11) is -3.15. The van der Waals surface area contributed by atoms with Crippen LogP contribution in [0, 0.1) is 5.82 Å². The van der Waals surface area contributed by atoms with E-state index < -0.39 is 13.4 Å². The molecule has 3 N–H and O–H groups in total. The monoisotopic (exact) mass is 536 g/mol. The van der Waals surface area contributed by atoms with E-state index in [2.05, 4.69) is 31.1 Å². The number of ether oxygens (including phenoxy) is 1. The predicted octanol–water partition coefficient (Wildman–Crippen LogP) is 5.19. The van der Waals surface area contributed by atoms with Gasteiger partial charge >= 0.3 is 0 Å². The average molecular weight is 537 g/mol. The third-order valence-corrected chi connectivity index (χ3v) is 11.6. The van der Waals surface area contributed by atoms with Crippen LogP contribution < -0.4 is 21.0 Å². The van der Waals surface area contributed by atoms with Crippen molar-refractivity contribution in [3.63, 3.8) is 0 Å². The number of halogens is 1. The minimum absolute atomic E-state index is 0.176. The Balaban J connectivity index is 1.85. The van der Waals surface area contributed by atoms with Crippen molar-refractivity contribution in [1.82, 2.24) is 10.6 Å². The lowest BCUT2D eigenvalue weighted by molar-refractivity contribution is 0.225. The van der Waals surface area contributed by atoms with Crippen molar-refractivity contribution in [2.75, 3.05) is 13.2 Å². The van der Waals surface area contributed by atoms with Gasteiger partial charge in [0.1, 0.15) is 11.6 Å². The zero-order valence-electron chi connectivity index (χ0n) is 21.8. The highest BCUT2D eigenvalue weighted by atomic mass is 32.1. The molecule has 0 saturated heterocycles. The van der Waals surface area contributed by atoms with E-state index in [1.54, 1.807) is 12.1 Å². The second-order valence-corrected chi connectivity index (χ2v) is 14.1. The van der Waals surface area contributed by atoms with Crippen LogP contribution in [-0.4, -0.2) is 31.4 Å². The summed E-state index contributed by atoms with van der Waals surface area (Å²) in [4.78, 5) is 12.5. The molecule has 0 saturated carbocycles. The first-order chi connectivity index (χ1) is 17.7. The van der Waals surface area contributed by atoms with Crippen molar-refractivity contribution in [3.05, 3.63) is 109 Å². The van der Waals surface area contributed by atoms with Crippen molar-refractivity contribution in [2.24, 2.45) is 0 Å². The van der Waals surface area contributed by atoms with Crippen molar-refractivity contribution in [1.29, 1.82) is 0 Å². The fraction of sp³-hybridized carbons (Fsp3) is 0.300. The van der Waals surface area contributed by atoms with Crippen molar-refractivity contribution < 1.29 is 13.9 Å². The van der Waals surface area contributed by atoms with Crippen LogP contribution in [0.5, 0.6) is 0 Å². The van der Waals surface area contributed by atoms with Crippen molar-refractivity contribution >= 4 is 36.0 Å². The van der Waals surface area contributed by atoms with Crippen molar-refractivity contribution in [3.8, 4) is 0 Å². The largest absolute Gasteiger partial charge is 0.497 e. The Morgan fingerprint density at radius 3 is 2.05 bits per heavy atom. The van der Waals surface area contributed by atoms with Gasteiger partial charge in [0.25, 0.3) is 8.32 Å². The summed E-state index contributed by atoms with van der Waals surface area (Å²) in [5, 5.41) is 8.52. The van der Waals surface area contributed by atoms with Crippen LogP contribution in [0.2, 0.25) is 5.04 Å². The summed E-state index contributed by atoms with van der Waals surface area (Å²) in [5.74, 6) is 0.319. The van der Waals surface area contributed by atoms with Gasteiger partial charge in [-0.3, -0.25) is 0 Å². The molecule has 0 radical (unpaired) electrons. The van der Waals surface area contributed by atoms with E-state index in [4.69, 9.17) is 17.0 Å². The molecule has 0 aromatic heterocycles. The molecule has 3 rings (SSSR count). The Hall–Kier alpha value is -3.00. The number of thiocarbonyl (C=S) groups is 1. The van der Waals surface area contributed by atoms with E-state index in [1.165, 1.54) is 12.1 Å². The molecule has 0 unspecified atom stereocenters. The quantitative estimate of drug-likeness (QED) is 0.169. The van der Waals surface area contributed by atoms with Gasteiger partial charge in [-0.05, 0) is 65.1 Å². The first kappa shape index (κ1) is 28.6. The standard InChI is InChI=1S/C30H37FN2O2SSi/c1-5-35-23(2)22-32-29(36)33-28(24-16-18-25(31)19-17-24)20-21-30(3,4)37(34,26-12-8-6-9-13-26)27-14-10-7-11-15-27/h6-19,28,34H,2,5,20-22H2,1,3-4H3,(H2,32,33,36)/t28-/m1/s1. The highest BCUT2D eigenvalue weighted by molar-refractivity contribution is 7.80. The third kappa shape index (κ3) is 7.28. The van der Waals surface area contributed by atoms with E-state index >= 15 is 0 Å². The fourth-order valence-corrected chi connectivity index (χ4v) is 8.62. The van der Waals surface area contributed by atoms with Gasteiger partial charge in [0.15, 0.2) is 5.11 Å². The molecule has 196 valence electrons. The number of benzene rings is 3. The zero-order chi connectivity index (χ0) is 26.9. The molecule has 0 amide bonds. The van der Waals surface area contributed by atoms with Gasteiger partial charge in [0.2, 0.25) is 0 Å². The van der Waals surface area contributed by atoms with Crippen LogP contribution >= 0.6 is 12.2 Å². The molecule has 0 fully saturated rings. The molecule has 3 aromatic rings. The molecule has 4 nitrogen and oxygen atoms in total. The van der Waals surface area contributed by atoms with E-state index in [0.717, 1.165) is 15.9 Å². The second-order valence-electron chi connectivity index (χ2n) is 9.77. The van der Waals surface area contributed by atoms with E-state index in [9.17, 15) is 9.19 Å². The van der Waals surface area contributed by atoms with Gasteiger partial charge in [0, 0.05) is 0 Å². The SMILES string of the molecule is C=C(CNC(=S)N[C@H](CCC(C)(C)[Si](O)(c1ccccc1)c1ccccc1)c1ccc(F)cc1)OCC. The molecular formula is C30H37FN2O2SSi. The molecular weight excluding hydrogens is 499 g/mol. The van der Waals surface area contributed by atoms with Crippen molar-refractivity contribution in [2.45, 2.75) is 44.7 Å². The van der Waals surface area contributed by atoms with E-state index in [1.807, 2.05) is 67.6 Å². The Labute approximate surface area is 226 Å². The van der Waals surface area contributed by atoms with E-state index in [0.29, 0.717) is 36.9 Å². The minimum Gasteiger partial charge on any atom is -0.497 e. The molecule has 0 spiro atoms. The molecule has 0 aliphatic heterocycles. The summed E-state index contributed by atoms with van der Waals surface area (Å²) < 4.78 is 19.1. The van der Waals surface area contributed by atoms with E-state index in [-0.39, 0.29) is 11.9 Å². The molecule has 0 aliphatic carbocycles. The van der Waals surface area contributed by atoms with Gasteiger partial charge in [0.05, 0.1) is 19.2 Å². The molecule has 0 heterocycles.